The molecule has 0 spiro atoms. The van der Waals surface area contributed by atoms with Crippen LogP contribution >= 0.6 is 0 Å². The Morgan fingerprint density at radius 3 is 1.50 bits per heavy atom. The number of hydrogen-bond donors (Lipinski definition) is 6. The molecule has 0 unspecified atom stereocenters. The van der Waals surface area contributed by atoms with Crippen LogP contribution in [0, 0.1) is 17.8 Å². The lowest BCUT2D eigenvalue weighted by Gasteiger charge is -2.28. The summed E-state index contributed by atoms with van der Waals surface area (Å²) in [7, 11) is 0. The number of carbonyl (C=O) groups is 3. The molecule has 0 aromatic heterocycles. The largest absolute Gasteiger partial charge is 0.460 e. The number of ether oxygens (including phenoxy) is 3. The van der Waals surface area contributed by atoms with Crippen molar-refractivity contribution in [2.45, 2.75) is 104 Å². The van der Waals surface area contributed by atoms with Gasteiger partial charge in [0.1, 0.15) is 31.0 Å². The summed E-state index contributed by atoms with van der Waals surface area (Å²) in [5.41, 5.74) is 0. The van der Waals surface area contributed by atoms with E-state index >= 15 is 0 Å². The van der Waals surface area contributed by atoms with Crippen molar-refractivity contribution in [2.24, 2.45) is 17.8 Å². The van der Waals surface area contributed by atoms with Crippen LogP contribution in [-0.4, -0.2) is 104 Å². The first kappa shape index (κ1) is 34.2. The predicted molar refractivity (Wildman–Crippen MR) is 126 cm³/mol. The van der Waals surface area contributed by atoms with Gasteiger partial charge in [0.25, 0.3) is 0 Å². The molecule has 0 fully saturated rings. The maximum absolute atomic E-state index is 13.0. The fourth-order valence-electron chi connectivity index (χ4n) is 2.98. The lowest BCUT2D eigenvalue weighted by Crippen LogP contribution is -2.48. The topological polar surface area (TPSA) is 200 Å². The Balaban J connectivity index is 5.45. The molecule has 0 amide bonds. The van der Waals surface area contributed by atoms with E-state index in [1.807, 2.05) is 0 Å². The third kappa shape index (κ3) is 10.3. The van der Waals surface area contributed by atoms with Gasteiger partial charge in [-0.3, -0.25) is 0 Å². The van der Waals surface area contributed by atoms with E-state index in [0.717, 1.165) is 0 Å². The molecule has 0 aromatic rings. The van der Waals surface area contributed by atoms with Gasteiger partial charge in [-0.25, -0.2) is 14.4 Å². The van der Waals surface area contributed by atoms with Crippen molar-refractivity contribution in [3.8, 4) is 0 Å². The quantitative estimate of drug-likeness (QED) is 0.103. The van der Waals surface area contributed by atoms with Crippen LogP contribution in [0.15, 0.2) is 0 Å². The van der Waals surface area contributed by atoms with Crippen LogP contribution < -0.4 is 0 Å². The third-order valence-corrected chi connectivity index (χ3v) is 6.42. The molecule has 0 bridgehead atoms. The Kier molecular flexibility index (Phi) is 16.0. The second kappa shape index (κ2) is 16.8. The monoisotopic (exact) mass is 524 g/mol. The summed E-state index contributed by atoms with van der Waals surface area (Å²) in [6.07, 6.45) is -10.3. The number of hydrogen-bond acceptors (Lipinski definition) is 12. The zero-order valence-electron chi connectivity index (χ0n) is 21.9. The average molecular weight is 525 g/mol. The zero-order chi connectivity index (χ0) is 28.2. The summed E-state index contributed by atoms with van der Waals surface area (Å²) < 4.78 is 15.6. The van der Waals surface area contributed by atoms with E-state index in [1.165, 1.54) is 0 Å². The van der Waals surface area contributed by atoms with Crippen LogP contribution in [0.4, 0.5) is 0 Å². The Bertz CT molecular complexity index is 671. The fourth-order valence-corrected chi connectivity index (χ4v) is 2.98. The number of aliphatic hydroxyl groups excluding tert-OH is 6. The van der Waals surface area contributed by atoms with Gasteiger partial charge in [-0.1, -0.05) is 48.0 Å². The van der Waals surface area contributed by atoms with Gasteiger partial charge in [-0.05, 0) is 18.8 Å². The van der Waals surface area contributed by atoms with Crippen LogP contribution in [0.3, 0.4) is 0 Å². The Morgan fingerprint density at radius 2 is 1.06 bits per heavy atom. The van der Waals surface area contributed by atoms with Gasteiger partial charge in [0, 0.05) is 11.8 Å². The van der Waals surface area contributed by atoms with E-state index < -0.39 is 91.6 Å². The fraction of sp³-hybridized carbons (Fsp3) is 0.875. The number of rotatable bonds is 17. The van der Waals surface area contributed by atoms with Crippen LogP contribution in [0.2, 0.25) is 0 Å². The molecule has 212 valence electrons. The smallest absolute Gasteiger partial charge is 0.348 e. The summed E-state index contributed by atoms with van der Waals surface area (Å²) in [4.78, 5) is 38.0. The highest BCUT2D eigenvalue weighted by atomic mass is 16.6. The molecule has 36 heavy (non-hydrogen) atoms. The summed E-state index contributed by atoms with van der Waals surface area (Å²) in [5, 5.41) is 57.9. The average Bonchev–Trinajstić information content (AvgIpc) is 2.89. The SMILES string of the molecule is CC[C@@H](C)[C@H](OC(=O)[C@@H](OC(=O)[C@@H](O)[C@@H](C)CC)[C@@H](C)CC)C(=O)OC[C@H](O)[C@H](O)[C@H](O)[C@H](O)CO. The first-order valence-corrected chi connectivity index (χ1v) is 12.4. The van der Waals surface area contributed by atoms with E-state index in [4.69, 9.17) is 19.3 Å². The van der Waals surface area contributed by atoms with E-state index in [-0.39, 0.29) is 0 Å². The maximum atomic E-state index is 13.0. The molecule has 6 N–H and O–H groups in total. The highest BCUT2D eigenvalue weighted by Crippen LogP contribution is 2.21. The minimum Gasteiger partial charge on any atom is -0.460 e. The molecular weight excluding hydrogens is 480 g/mol. The third-order valence-electron chi connectivity index (χ3n) is 6.42. The van der Waals surface area contributed by atoms with Gasteiger partial charge >= 0.3 is 17.9 Å². The van der Waals surface area contributed by atoms with Crippen molar-refractivity contribution in [2.75, 3.05) is 13.2 Å². The number of aliphatic hydroxyl groups is 6. The normalized spacial score (nSPS) is 20.0. The molecule has 0 saturated heterocycles. The zero-order valence-corrected chi connectivity index (χ0v) is 21.9. The van der Waals surface area contributed by atoms with Gasteiger partial charge in [-0.15, -0.1) is 0 Å². The first-order chi connectivity index (χ1) is 16.8. The van der Waals surface area contributed by atoms with Crippen molar-refractivity contribution in [3.63, 3.8) is 0 Å². The van der Waals surface area contributed by atoms with Crippen LogP contribution in [0.1, 0.15) is 60.8 Å². The highest BCUT2D eigenvalue weighted by molar-refractivity contribution is 5.84. The number of carbonyl (C=O) groups excluding carboxylic acids is 3. The maximum Gasteiger partial charge on any atom is 0.348 e. The molecular formula is C24H44O12. The second-order valence-corrected chi connectivity index (χ2v) is 9.24. The van der Waals surface area contributed by atoms with Gasteiger partial charge in [0.05, 0.1) is 6.61 Å². The van der Waals surface area contributed by atoms with Crippen molar-refractivity contribution >= 4 is 17.9 Å². The van der Waals surface area contributed by atoms with Gasteiger partial charge in [-0.2, -0.15) is 0 Å². The van der Waals surface area contributed by atoms with E-state index in [2.05, 4.69) is 0 Å². The minimum absolute atomic E-state index is 0.389. The second-order valence-electron chi connectivity index (χ2n) is 9.24. The predicted octanol–water partition coefficient (Wildman–Crippen LogP) is -0.712. The Morgan fingerprint density at radius 1 is 0.639 bits per heavy atom. The van der Waals surface area contributed by atoms with Crippen LogP contribution in [0.5, 0.6) is 0 Å². The van der Waals surface area contributed by atoms with Crippen molar-refractivity contribution < 1.29 is 59.2 Å². The van der Waals surface area contributed by atoms with E-state index in [1.54, 1.807) is 41.5 Å². The molecule has 0 rings (SSSR count). The van der Waals surface area contributed by atoms with Crippen molar-refractivity contribution in [3.05, 3.63) is 0 Å². The van der Waals surface area contributed by atoms with Crippen molar-refractivity contribution in [1.82, 2.24) is 0 Å². The first-order valence-electron chi connectivity index (χ1n) is 12.4. The molecule has 0 radical (unpaired) electrons. The molecule has 0 aliphatic carbocycles. The van der Waals surface area contributed by atoms with Gasteiger partial charge in [0.2, 0.25) is 12.2 Å². The lowest BCUT2D eigenvalue weighted by atomic mass is 9.99. The summed E-state index contributed by atoms with van der Waals surface area (Å²) in [6, 6.07) is 0. The molecule has 12 nitrogen and oxygen atoms in total. The molecule has 0 saturated carbocycles. The Labute approximate surface area is 212 Å². The highest BCUT2D eigenvalue weighted by Gasteiger charge is 2.38. The van der Waals surface area contributed by atoms with E-state index in [0.29, 0.717) is 19.3 Å². The van der Waals surface area contributed by atoms with Gasteiger partial charge < -0.3 is 44.8 Å². The standard InChI is InChI=1S/C24H44O12/c1-7-12(4)17(28)22(31)35-21(14(6)9-3)24(33)36-20(13(5)8-2)23(32)34-11-16(27)19(30)18(29)15(26)10-25/h12-21,25-30H,7-11H2,1-6H3/t12-,13+,14-,15+,16-,17-,18+,19-,20-,21-/m0/s1. The molecule has 0 heterocycles. The minimum atomic E-state index is -1.93. The van der Waals surface area contributed by atoms with Gasteiger partial charge in [0.15, 0.2) is 6.10 Å². The van der Waals surface area contributed by atoms with Crippen molar-refractivity contribution in [1.29, 1.82) is 0 Å². The molecule has 0 aliphatic heterocycles. The lowest BCUT2D eigenvalue weighted by molar-refractivity contribution is -0.190. The number of esters is 3. The van der Waals surface area contributed by atoms with Crippen LogP contribution in [-0.2, 0) is 28.6 Å². The summed E-state index contributed by atoms with van der Waals surface area (Å²) in [6.45, 7) is 8.54. The molecule has 12 heteroatoms. The molecule has 0 aromatic carbocycles. The van der Waals surface area contributed by atoms with E-state index in [9.17, 15) is 39.9 Å². The Hall–Kier alpha value is -1.83. The molecule has 0 aliphatic rings. The summed E-state index contributed by atoms with van der Waals surface area (Å²) in [5.74, 6) is -4.45. The summed E-state index contributed by atoms with van der Waals surface area (Å²) >= 11 is 0. The van der Waals surface area contributed by atoms with Crippen LogP contribution in [0.25, 0.3) is 0 Å². The molecule has 10 atom stereocenters.